The molecule has 1 aliphatic rings. The lowest BCUT2D eigenvalue weighted by Crippen LogP contribution is -2.11. The van der Waals surface area contributed by atoms with Gasteiger partial charge in [0.05, 0.1) is 0 Å². The molecule has 1 saturated carbocycles. The molecule has 1 amide bonds. The van der Waals surface area contributed by atoms with Crippen molar-refractivity contribution in [1.82, 2.24) is 15.2 Å². The number of anilines is 1. The number of H-pyrrole nitrogens is 1. The van der Waals surface area contributed by atoms with Gasteiger partial charge in [0.2, 0.25) is 5.76 Å². The Morgan fingerprint density at radius 1 is 1.20 bits per heavy atom. The molecule has 0 unspecified atom stereocenters. The number of furan rings is 1. The van der Waals surface area contributed by atoms with Gasteiger partial charge in [-0.05, 0) is 37.1 Å². The first-order valence-corrected chi connectivity index (χ1v) is 7.77. The molecule has 25 heavy (non-hydrogen) atoms. The maximum Gasteiger partial charge on any atom is 0.371 e. The molecule has 0 atom stereocenters. The van der Waals surface area contributed by atoms with Crippen molar-refractivity contribution in [2.45, 2.75) is 18.8 Å². The quantitative estimate of drug-likeness (QED) is 0.657. The molecule has 2 aromatic heterocycles. The van der Waals surface area contributed by atoms with E-state index in [4.69, 9.17) is 9.52 Å². The molecule has 0 spiro atoms. The molecule has 8 heteroatoms. The van der Waals surface area contributed by atoms with Gasteiger partial charge in [0.1, 0.15) is 5.82 Å². The van der Waals surface area contributed by atoms with E-state index in [1.165, 1.54) is 12.1 Å². The number of carbonyl (C=O) groups excluding carboxylic acids is 1. The summed E-state index contributed by atoms with van der Waals surface area (Å²) in [5.41, 5.74) is 1.31. The molecule has 3 aromatic rings. The van der Waals surface area contributed by atoms with E-state index in [1.807, 2.05) is 6.07 Å². The molecule has 0 aliphatic heterocycles. The standard InChI is InChI=1S/C17H14N4O4/c22-16(12-6-7-13(25-12)17(23)24)18-11-3-1-2-10(8-11)15-19-14(20-21-15)9-4-5-9/h1-3,6-9H,4-5H2,(H,18,22)(H,23,24)(H,19,20,21). The van der Waals surface area contributed by atoms with Crippen molar-refractivity contribution in [2.75, 3.05) is 5.32 Å². The Morgan fingerprint density at radius 2 is 2.00 bits per heavy atom. The molecule has 8 nitrogen and oxygen atoms in total. The van der Waals surface area contributed by atoms with Gasteiger partial charge in [-0.2, -0.15) is 5.10 Å². The third-order valence-corrected chi connectivity index (χ3v) is 3.89. The molecule has 0 radical (unpaired) electrons. The molecule has 0 saturated heterocycles. The number of carbonyl (C=O) groups is 2. The highest BCUT2D eigenvalue weighted by Crippen LogP contribution is 2.38. The van der Waals surface area contributed by atoms with E-state index in [9.17, 15) is 9.59 Å². The second-order valence-electron chi connectivity index (χ2n) is 5.82. The van der Waals surface area contributed by atoms with Crippen LogP contribution in [-0.4, -0.2) is 32.2 Å². The van der Waals surface area contributed by atoms with Crippen LogP contribution in [0.5, 0.6) is 0 Å². The summed E-state index contributed by atoms with van der Waals surface area (Å²) in [7, 11) is 0. The fraction of sp³-hybridized carbons (Fsp3) is 0.176. The molecule has 1 aliphatic carbocycles. The number of rotatable bonds is 5. The molecule has 3 N–H and O–H groups in total. The van der Waals surface area contributed by atoms with E-state index in [-0.39, 0.29) is 11.5 Å². The lowest BCUT2D eigenvalue weighted by atomic mass is 10.2. The Balaban J connectivity index is 1.52. The van der Waals surface area contributed by atoms with Gasteiger partial charge in [-0.3, -0.25) is 9.89 Å². The van der Waals surface area contributed by atoms with Gasteiger partial charge in [-0.15, -0.1) is 0 Å². The molecule has 2 heterocycles. The second-order valence-corrected chi connectivity index (χ2v) is 5.82. The van der Waals surface area contributed by atoms with Crippen LogP contribution in [0.4, 0.5) is 5.69 Å². The van der Waals surface area contributed by atoms with Gasteiger partial charge in [0, 0.05) is 17.2 Å². The minimum absolute atomic E-state index is 0.0725. The zero-order valence-electron chi connectivity index (χ0n) is 13.0. The smallest absolute Gasteiger partial charge is 0.371 e. The zero-order chi connectivity index (χ0) is 17.4. The van der Waals surface area contributed by atoms with Crippen LogP contribution in [0.1, 0.15) is 45.7 Å². The average molecular weight is 338 g/mol. The highest BCUT2D eigenvalue weighted by Gasteiger charge is 2.27. The van der Waals surface area contributed by atoms with Gasteiger partial charge in [0.15, 0.2) is 11.6 Å². The van der Waals surface area contributed by atoms with Crippen molar-refractivity contribution in [1.29, 1.82) is 0 Å². The fourth-order valence-electron chi connectivity index (χ4n) is 2.45. The number of hydrogen-bond acceptors (Lipinski definition) is 5. The summed E-state index contributed by atoms with van der Waals surface area (Å²) in [5.74, 6) is -0.170. The van der Waals surface area contributed by atoms with Crippen LogP contribution in [-0.2, 0) is 0 Å². The van der Waals surface area contributed by atoms with Gasteiger partial charge in [-0.1, -0.05) is 12.1 Å². The lowest BCUT2D eigenvalue weighted by Gasteiger charge is -2.04. The fourth-order valence-corrected chi connectivity index (χ4v) is 2.45. The number of benzene rings is 1. The molecule has 126 valence electrons. The number of aromatic carboxylic acids is 1. The molecular weight excluding hydrogens is 324 g/mol. The van der Waals surface area contributed by atoms with Gasteiger partial charge >= 0.3 is 5.97 Å². The normalized spacial score (nSPS) is 13.6. The number of amides is 1. The number of aromatic nitrogens is 3. The average Bonchev–Trinajstić information content (AvgIpc) is 3.13. The predicted molar refractivity (Wildman–Crippen MR) is 87.4 cm³/mol. The summed E-state index contributed by atoms with van der Waals surface area (Å²) in [4.78, 5) is 27.5. The number of carboxylic acid groups (broad SMARTS) is 1. The summed E-state index contributed by atoms with van der Waals surface area (Å²) < 4.78 is 4.99. The molecule has 1 aromatic carbocycles. The SMILES string of the molecule is O=C(O)c1ccc(C(=O)Nc2cccc(-c3n[nH]c(C4CC4)n3)c2)o1. The number of nitrogens with one attached hydrogen (secondary N) is 2. The van der Waals surface area contributed by atoms with Crippen LogP contribution in [0, 0.1) is 0 Å². The summed E-state index contributed by atoms with van der Waals surface area (Å²) in [6.45, 7) is 0. The largest absolute Gasteiger partial charge is 0.475 e. The Hall–Kier alpha value is -3.42. The Kier molecular flexibility index (Phi) is 3.57. The first kappa shape index (κ1) is 15.1. The van der Waals surface area contributed by atoms with Crippen molar-refractivity contribution >= 4 is 17.6 Å². The highest BCUT2D eigenvalue weighted by atomic mass is 16.4. The summed E-state index contributed by atoms with van der Waals surface area (Å²) in [6.07, 6.45) is 2.26. The number of aromatic amines is 1. The lowest BCUT2D eigenvalue weighted by molar-refractivity contribution is 0.0660. The molecule has 0 bridgehead atoms. The van der Waals surface area contributed by atoms with Crippen LogP contribution in [0.25, 0.3) is 11.4 Å². The van der Waals surface area contributed by atoms with Crippen molar-refractivity contribution in [2.24, 2.45) is 0 Å². The van der Waals surface area contributed by atoms with Gasteiger partial charge in [0.25, 0.3) is 5.91 Å². The maximum atomic E-state index is 12.2. The first-order chi connectivity index (χ1) is 12.1. The van der Waals surface area contributed by atoms with Gasteiger partial charge in [-0.25, -0.2) is 9.78 Å². The highest BCUT2D eigenvalue weighted by molar-refractivity contribution is 6.03. The topological polar surface area (TPSA) is 121 Å². The second kappa shape index (κ2) is 5.90. The minimum atomic E-state index is -1.22. The van der Waals surface area contributed by atoms with Gasteiger partial charge < -0.3 is 14.8 Å². The summed E-state index contributed by atoms with van der Waals surface area (Å²) in [6, 6.07) is 9.66. The van der Waals surface area contributed by atoms with Crippen LogP contribution in [0.3, 0.4) is 0 Å². The van der Waals surface area contributed by atoms with Crippen molar-refractivity contribution in [3.05, 3.63) is 53.7 Å². The zero-order valence-corrected chi connectivity index (χ0v) is 13.0. The summed E-state index contributed by atoms with van der Waals surface area (Å²) >= 11 is 0. The number of hydrogen-bond donors (Lipinski definition) is 3. The van der Waals surface area contributed by atoms with Crippen molar-refractivity contribution in [3.63, 3.8) is 0 Å². The van der Waals surface area contributed by atoms with E-state index in [2.05, 4.69) is 20.5 Å². The molecule has 1 fully saturated rings. The first-order valence-electron chi connectivity index (χ1n) is 7.77. The Labute approximate surface area is 141 Å². The third kappa shape index (κ3) is 3.14. The summed E-state index contributed by atoms with van der Waals surface area (Å²) in [5, 5.41) is 18.7. The van der Waals surface area contributed by atoms with E-state index in [0.29, 0.717) is 17.4 Å². The van der Waals surface area contributed by atoms with Crippen LogP contribution < -0.4 is 5.32 Å². The number of carboxylic acids is 1. The maximum absolute atomic E-state index is 12.2. The van der Waals surface area contributed by atoms with Crippen LogP contribution in [0.15, 0.2) is 40.8 Å². The van der Waals surface area contributed by atoms with Crippen molar-refractivity contribution < 1.29 is 19.1 Å². The Morgan fingerprint density at radius 3 is 2.72 bits per heavy atom. The number of nitrogens with zero attached hydrogens (tertiary/aromatic N) is 2. The third-order valence-electron chi connectivity index (χ3n) is 3.89. The van der Waals surface area contributed by atoms with Crippen molar-refractivity contribution in [3.8, 4) is 11.4 Å². The van der Waals surface area contributed by atoms with E-state index < -0.39 is 11.9 Å². The van der Waals surface area contributed by atoms with E-state index in [1.54, 1.807) is 18.2 Å². The van der Waals surface area contributed by atoms with E-state index in [0.717, 1.165) is 24.2 Å². The molecule has 4 rings (SSSR count). The monoisotopic (exact) mass is 338 g/mol. The Bertz CT molecular complexity index is 955. The minimum Gasteiger partial charge on any atom is -0.475 e. The van der Waals surface area contributed by atoms with Crippen LogP contribution in [0.2, 0.25) is 0 Å². The predicted octanol–water partition coefficient (Wildman–Crippen LogP) is 2.89. The molecular formula is C17H14N4O4. The van der Waals surface area contributed by atoms with Crippen LogP contribution >= 0.6 is 0 Å². The van der Waals surface area contributed by atoms with E-state index >= 15 is 0 Å².